The van der Waals surface area contributed by atoms with Crippen molar-refractivity contribution in [2.75, 3.05) is 0 Å². The molecule has 1 aromatic rings. The Bertz CT molecular complexity index is 429. The third kappa shape index (κ3) is 3.05. The third-order valence-corrected chi connectivity index (χ3v) is 2.17. The van der Waals surface area contributed by atoms with E-state index in [1.165, 1.54) is 12.3 Å². The Kier molecular flexibility index (Phi) is 3.12. The van der Waals surface area contributed by atoms with E-state index in [9.17, 15) is 10.1 Å². The summed E-state index contributed by atoms with van der Waals surface area (Å²) in [5.41, 5.74) is 0. The lowest BCUT2D eigenvalue weighted by Gasteiger charge is -2.10. The molecule has 0 N–H and O–H groups in total. The summed E-state index contributed by atoms with van der Waals surface area (Å²) >= 11 is 0. The molecule has 0 atom stereocenters. The number of hydrogen-bond donors (Lipinski definition) is 0. The van der Waals surface area contributed by atoms with E-state index >= 15 is 0 Å². The Labute approximate surface area is 98.7 Å². The molecule has 0 aliphatic heterocycles. The molecule has 1 fully saturated rings. The first-order chi connectivity index (χ1) is 8.06. The maximum Gasteiger partial charge on any atom is 0.406 e. The minimum Gasteiger partial charge on any atom is -0.487 e. The minimum absolute atomic E-state index is 0.00738. The summed E-state index contributed by atoms with van der Waals surface area (Å²) in [4.78, 5) is 14.0. The van der Waals surface area contributed by atoms with Crippen LogP contribution in [-0.4, -0.2) is 22.1 Å². The Morgan fingerprint density at radius 2 is 2.24 bits per heavy atom. The standard InChI is InChI=1S/C11H14N2O4/c1-7(2)16-9-5-10(17-8-3-4-8)11(12-6-9)13(14)15/h5-8H,3-4H2,1-2H3. The van der Waals surface area contributed by atoms with Crippen molar-refractivity contribution in [2.45, 2.75) is 38.9 Å². The lowest BCUT2D eigenvalue weighted by molar-refractivity contribution is -0.390. The van der Waals surface area contributed by atoms with Gasteiger partial charge in [-0.05, 0) is 36.6 Å². The lowest BCUT2D eigenvalue weighted by atomic mass is 10.4. The molecule has 0 unspecified atom stereocenters. The van der Waals surface area contributed by atoms with Crippen LogP contribution >= 0.6 is 0 Å². The summed E-state index contributed by atoms with van der Waals surface area (Å²) in [6, 6.07) is 1.53. The third-order valence-electron chi connectivity index (χ3n) is 2.17. The highest BCUT2D eigenvalue weighted by Crippen LogP contribution is 2.34. The normalized spacial score (nSPS) is 14.8. The van der Waals surface area contributed by atoms with Gasteiger partial charge in [-0.3, -0.25) is 0 Å². The summed E-state index contributed by atoms with van der Waals surface area (Å²) in [5, 5.41) is 10.8. The quantitative estimate of drug-likeness (QED) is 0.581. The van der Waals surface area contributed by atoms with Gasteiger partial charge in [-0.1, -0.05) is 0 Å². The molecule has 2 rings (SSSR count). The van der Waals surface area contributed by atoms with E-state index in [4.69, 9.17) is 9.47 Å². The van der Waals surface area contributed by atoms with Crippen LogP contribution < -0.4 is 9.47 Å². The molecule has 0 radical (unpaired) electrons. The molecular weight excluding hydrogens is 224 g/mol. The van der Waals surface area contributed by atoms with Crippen molar-refractivity contribution in [3.63, 3.8) is 0 Å². The van der Waals surface area contributed by atoms with Gasteiger partial charge in [0.15, 0.2) is 11.9 Å². The Hall–Kier alpha value is -1.85. The number of hydrogen-bond acceptors (Lipinski definition) is 5. The molecule has 1 aliphatic carbocycles. The Morgan fingerprint density at radius 1 is 1.53 bits per heavy atom. The van der Waals surface area contributed by atoms with Crippen LogP contribution in [0.15, 0.2) is 12.3 Å². The summed E-state index contributed by atoms with van der Waals surface area (Å²) < 4.78 is 10.9. The van der Waals surface area contributed by atoms with Crippen molar-refractivity contribution in [3.8, 4) is 11.5 Å². The second-order valence-corrected chi connectivity index (χ2v) is 4.23. The summed E-state index contributed by atoms with van der Waals surface area (Å²) in [6.07, 6.45) is 3.30. The van der Waals surface area contributed by atoms with Crippen LogP contribution in [0.1, 0.15) is 26.7 Å². The SMILES string of the molecule is CC(C)Oc1cnc([N+](=O)[O-])c(OC2CC2)c1. The maximum absolute atomic E-state index is 10.8. The van der Waals surface area contributed by atoms with Crippen LogP contribution in [0.4, 0.5) is 5.82 Å². The van der Waals surface area contributed by atoms with E-state index in [1.807, 2.05) is 13.8 Å². The summed E-state index contributed by atoms with van der Waals surface area (Å²) in [7, 11) is 0. The molecule has 0 bridgehead atoms. The average molecular weight is 238 g/mol. The number of nitro groups is 1. The van der Waals surface area contributed by atoms with Crippen LogP contribution in [0.2, 0.25) is 0 Å². The van der Waals surface area contributed by atoms with Crippen LogP contribution in [-0.2, 0) is 0 Å². The first-order valence-corrected chi connectivity index (χ1v) is 5.54. The van der Waals surface area contributed by atoms with E-state index in [0.29, 0.717) is 5.75 Å². The van der Waals surface area contributed by atoms with Crippen molar-refractivity contribution in [3.05, 3.63) is 22.4 Å². The molecule has 92 valence electrons. The predicted octanol–water partition coefficient (Wildman–Crippen LogP) is 2.32. The van der Waals surface area contributed by atoms with Gasteiger partial charge in [0.25, 0.3) is 0 Å². The monoisotopic (exact) mass is 238 g/mol. The minimum atomic E-state index is -0.545. The zero-order chi connectivity index (χ0) is 12.4. The highest BCUT2D eigenvalue weighted by Gasteiger charge is 2.28. The number of pyridine rings is 1. The Balaban J connectivity index is 2.24. The number of rotatable bonds is 5. The Morgan fingerprint density at radius 3 is 2.76 bits per heavy atom. The number of ether oxygens (including phenoxy) is 2. The van der Waals surface area contributed by atoms with Gasteiger partial charge in [0, 0.05) is 6.07 Å². The fourth-order valence-corrected chi connectivity index (χ4v) is 1.35. The van der Waals surface area contributed by atoms with Gasteiger partial charge in [0.05, 0.1) is 12.2 Å². The van der Waals surface area contributed by atoms with E-state index in [2.05, 4.69) is 4.98 Å². The smallest absolute Gasteiger partial charge is 0.406 e. The highest BCUT2D eigenvalue weighted by atomic mass is 16.6. The van der Waals surface area contributed by atoms with Crippen LogP contribution in [0.5, 0.6) is 11.5 Å². The second-order valence-electron chi connectivity index (χ2n) is 4.23. The van der Waals surface area contributed by atoms with Gasteiger partial charge in [0.2, 0.25) is 5.75 Å². The zero-order valence-corrected chi connectivity index (χ0v) is 9.75. The molecule has 6 heteroatoms. The topological polar surface area (TPSA) is 74.5 Å². The van der Waals surface area contributed by atoms with Gasteiger partial charge in [-0.15, -0.1) is 0 Å². The fourth-order valence-electron chi connectivity index (χ4n) is 1.35. The van der Waals surface area contributed by atoms with Gasteiger partial charge in [-0.2, -0.15) is 0 Å². The first-order valence-electron chi connectivity index (χ1n) is 5.54. The van der Waals surface area contributed by atoms with Crippen molar-refractivity contribution in [1.82, 2.24) is 4.98 Å². The maximum atomic E-state index is 10.8. The molecule has 1 aliphatic rings. The fraction of sp³-hybridized carbons (Fsp3) is 0.545. The molecule has 0 aromatic carbocycles. The average Bonchev–Trinajstić information content (AvgIpc) is 3.00. The van der Waals surface area contributed by atoms with E-state index in [-0.39, 0.29) is 23.8 Å². The molecule has 17 heavy (non-hydrogen) atoms. The van der Waals surface area contributed by atoms with Crippen LogP contribution in [0, 0.1) is 10.1 Å². The zero-order valence-electron chi connectivity index (χ0n) is 9.75. The highest BCUT2D eigenvalue weighted by molar-refractivity contribution is 5.44. The molecule has 0 spiro atoms. The van der Waals surface area contributed by atoms with Crippen molar-refractivity contribution in [2.24, 2.45) is 0 Å². The molecule has 1 saturated carbocycles. The van der Waals surface area contributed by atoms with Crippen LogP contribution in [0.25, 0.3) is 0 Å². The number of aromatic nitrogens is 1. The summed E-state index contributed by atoms with van der Waals surface area (Å²) in [5.74, 6) is 0.421. The first kappa shape index (κ1) is 11.6. The van der Waals surface area contributed by atoms with Gasteiger partial charge < -0.3 is 19.6 Å². The largest absolute Gasteiger partial charge is 0.487 e. The molecule has 1 aromatic heterocycles. The van der Waals surface area contributed by atoms with Crippen molar-refractivity contribution >= 4 is 5.82 Å². The van der Waals surface area contributed by atoms with Gasteiger partial charge >= 0.3 is 5.82 Å². The number of nitrogens with zero attached hydrogens (tertiary/aromatic N) is 2. The summed E-state index contributed by atoms with van der Waals surface area (Å²) in [6.45, 7) is 3.76. The van der Waals surface area contributed by atoms with Crippen molar-refractivity contribution in [1.29, 1.82) is 0 Å². The van der Waals surface area contributed by atoms with Crippen molar-refractivity contribution < 1.29 is 14.4 Å². The predicted molar refractivity (Wildman–Crippen MR) is 60.3 cm³/mol. The molecule has 1 heterocycles. The van der Waals surface area contributed by atoms with Gasteiger partial charge in [0.1, 0.15) is 0 Å². The van der Waals surface area contributed by atoms with Gasteiger partial charge in [-0.25, -0.2) is 0 Å². The molecule has 0 amide bonds. The molecule has 6 nitrogen and oxygen atoms in total. The molecule has 0 saturated heterocycles. The van der Waals surface area contributed by atoms with E-state index < -0.39 is 4.92 Å². The van der Waals surface area contributed by atoms with E-state index in [0.717, 1.165) is 12.8 Å². The second kappa shape index (κ2) is 4.57. The molecular formula is C11H14N2O4. The van der Waals surface area contributed by atoms with E-state index in [1.54, 1.807) is 0 Å². The lowest BCUT2D eigenvalue weighted by Crippen LogP contribution is -2.07. The van der Waals surface area contributed by atoms with Crippen LogP contribution in [0.3, 0.4) is 0 Å².